The Morgan fingerprint density at radius 3 is 2.60 bits per heavy atom. The highest BCUT2D eigenvalue weighted by atomic mass is 16.5. The minimum Gasteiger partial charge on any atom is -0.466 e. The van der Waals surface area contributed by atoms with Gasteiger partial charge in [-0.3, -0.25) is 14.3 Å². The number of nitrogens with one attached hydrogen (secondary N) is 1. The number of nitrogens with zero attached hydrogens (tertiary/aromatic N) is 2. The standard InChI is InChI=1S/C24H35N3O3/c1-2-30-24(29)20-15-12-13-16(14-15)21(20)25-23(28)22-18-10-6-7-11-19(18)27(26-22)17-8-4-3-5-9-17/h15-17,20-21H,2-14H2,1H3,(H,25,28). The molecule has 4 aliphatic rings. The molecule has 2 bridgehead atoms. The lowest BCUT2D eigenvalue weighted by molar-refractivity contribution is -0.150. The molecule has 1 amide bonds. The van der Waals surface area contributed by atoms with E-state index in [-0.39, 0.29) is 23.8 Å². The van der Waals surface area contributed by atoms with Crippen molar-refractivity contribution in [1.29, 1.82) is 0 Å². The Hall–Kier alpha value is -1.85. The Balaban J connectivity index is 1.39. The highest BCUT2D eigenvalue weighted by molar-refractivity contribution is 5.94. The molecule has 6 heteroatoms. The third-order valence-corrected chi connectivity index (χ3v) is 8.12. The second-order valence-electron chi connectivity index (χ2n) is 9.83. The summed E-state index contributed by atoms with van der Waals surface area (Å²) < 4.78 is 7.57. The Morgan fingerprint density at radius 1 is 1.03 bits per heavy atom. The van der Waals surface area contributed by atoms with Gasteiger partial charge in [-0.15, -0.1) is 0 Å². The van der Waals surface area contributed by atoms with E-state index in [1.165, 1.54) is 49.8 Å². The lowest BCUT2D eigenvalue weighted by Gasteiger charge is -2.30. The van der Waals surface area contributed by atoms with E-state index in [2.05, 4.69) is 10.00 Å². The summed E-state index contributed by atoms with van der Waals surface area (Å²) in [6.45, 7) is 2.25. The minimum atomic E-state index is -0.191. The first-order valence-corrected chi connectivity index (χ1v) is 12.2. The van der Waals surface area contributed by atoms with Crippen molar-refractivity contribution >= 4 is 11.9 Å². The van der Waals surface area contributed by atoms with Crippen molar-refractivity contribution in [1.82, 2.24) is 15.1 Å². The van der Waals surface area contributed by atoms with Gasteiger partial charge in [0, 0.05) is 17.3 Å². The Labute approximate surface area is 179 Å². The fourth-order valence-corrected chi connectivity index (χ4v) is 6.73. The number of rotatable bonds is 5. The van der Waals surface area contributed by atoms with Crippen LogP contribution in [0, 0.1) is 17.8 Å². The second-order valence-corrected chi connectivity index (χ2v) is 9.83. The zero-order valence-electron chi connectivity index (χ0n) is 18.2. The van der Waals surface area contributed by atoms with Gasteiger partial charge in [-0.25, -0.2) is 0 Å². The molecular weight excluding hydrogens is 378 g/mol. The summed E-state index contributed by atoms with van der Waals surface area (Å²) in [5.74, 6) is 0.348. The molecule has 0 aliphatic heterocycles. The Morgan fingerprint density at radius 2 is 1.80 bits per heavy atom. The van der Waals surface area contributed by atoms with Crippen LogP contribution >= 0.6 is 0 Å². The van der Waals surface area contributed by atoms with Crippen LogP contribution in [0.1, 0.15) is 98.9 Å². The van der Waals surface area contributed by atoms with Crippen LogP contribution in [0.3, 0.4) is 0 Å². The topological polar surface area (TPSA) is 73.2 Å². The highest BCUT2D eigenvalue weighted by Crippen LogP contribution is 2.49. The monoisotopic (exact) mass is 413 g/mol. The number of aromatic nitrogens is 2. The molecule has 0 aromatic carbocycles. The fourth-order valence-electron chi connectivity index (χ4n) is 6.73. The number of amides is 1. The summed E-state index contributed by atoms with van der Waals surface area (Å²) in [7, 11) is 0. The maximum Gasteiger partial charge on any atom is 0.311 e. The summed E-state index contributed by atoms with van der Waals surface area (Å²) in [5, 5.41) is 8.18. The van der Waals surface area contributed by atoms with E-state index in [4.69, 9.17) is 9.84 Å². The lowest BCUT2D eigenvalue weighted by Crippen LogP contribution is -2.47. The van der Waals surface area contributed by atoms with Gasteiger partial charge < -0.3 is 10.1 Å². The number of hydrogen-bond donors (Lipinski definition) is 1. The van der Waals surface area contributed by atoms with E-state index in [9.17, 15) is 9.59 Å². The van der Waals surface area contributed by atoms with Gasteiger partial charge in [0.15, 0.2) is 5.69 Å². The van der Waals surface area contributed by atoms with Crippen molar-refractivity contribution in [3.8, 4) is 0 Å². The number of fused-ring (bicyclic) bond motifs is 3. The smallest absolute Gasteiger partial charge is 0.311 e. The van der Waals surface area contributed by atoms with Crippen molar-refractivity contribution in [3.63, 3.8) is 0 Å². The molecule has 164 valence electrons. The van der Waals surface area contributed by atoms with Crippen molar-refractivity contribution in [2.45, 2.75) is 96.1 Å². The summed E-state index contributed by atoms with van der Waals surface area (Å²) in [6.07, 6.45) is 13.7. The number of ether oxygens (including phenoxy) is 1. The van der Waals surface area contributed by atoms with E-state index in [1.54, 1.807) is 0 Å². The maximum atomic E-state index is 13.4. The van der Waals surface area contributed by atoms with Crippen LogP contribution in [0.25, 0.3) is 0 Å². The molecule has 4 unspecified atom stereocenters. The average Bonchev–Trinajstić information content (AvgIpc) is 3.47. The highest BCUT2D eigenvalue weighted by Gasteiger charge is 2.52. The van der Waals surface area contributed by atoms with E-state index in [0.29, 0.717) is 30.2 Å². The molecule has 5 rings (SSSR count). The zero-order valence-corrected chi connectivity index (χ0v) is 18.2. The molecule has 30 heavy (non-hydrogen) atoms. The molecule has 3 saturated carbocycles. The largest absolute Gasteiger partial charge is 0.466 e. The van der Waals surface area contributed by atoms with Crippen LogP contribution < -0.4 is 5.32 Å². The second kappa shape index (κ2) is 8.35. The summed E-state index contributed by atoms with van der Waals surface area (Å²) in [5.41, 5.74) is 3.09. The normalized spacial score (nSPS) is 30.8. The maximum absolute atomic E-state index is 13.4. The molecule has 4 atom stereocenters. The molecular formula is C24H35N3O3. The SMILES string of the molecule is CCOC(=O)C1C2CCC(C2)C1NC(=O)c1nn(C2CCCCC2)c2c1CCCC2. The lowest BCUT2D eigenvalue weighted by atomic mass is 9.84. The molecule has 0 saturated heterocycles. The third-order valence-electron chi connectivity index (χ3n) is 8.12. The van der Waals surface area contributed by atoms with Crippen LogP contribution in [0.2, 0.25) is 0 Å². The van der Waals surface area contributed by atoms with Gasteiger partial charge in [0.25, 0.3) is 5.91 Å². The molecule has 1 N–H and O–H groups in total. The van der Waals surface area contributed by atoms with Gasteiger partial charge in [0.1, 0.15) is 0 Å². The molecule has 0 spiro atoms. The fraction of sp³-hybridized carbons (Fsp3) is 0.792. The molecule has 1 heterocycles. The predicted molar refractivity (Wildman–Crippen MR) is 113 cm³/mol. The van der Waals surface area contributed by atoms with E-state index >= 15 is 0 Å². The van der Waals surface area contributed by atoms with E-state index < -0.39 is 0 Å². The van der Waals surface area contributed by atoms with Gasteiger partial charge in [-0.2, -0.15) is 5.10 Å². The summed E-state index contributed by atoms with van der Waals surface area (Å²) >= 11 is 0. The van der Waals surface area contributed by atoms with Crippen LogP contribution in [-0.2, 0) is 22.4 Å². The van der Waals surface area contributed by atoms with Crippen molar-refractivity contribution in [2.75, 3.05) is 6.61 Å². The van der Waals surface area contributed by atoms with Crippen LogP contribution in [0.4, 0.5) is 0 Å². The zero-order chi connectivity index (χ0) is 20.7. The van der Waals surface area contributed by atoms with Crippen LogP contribution in [-0.4, -0.2) is 34.3 Å². The summed E-state index contributed by atoms with van der Waals surface area (Å²) in [4.78, 5) is 26.0. The molecule has 1 aromatic heterocycles. The van der Waals surface area contributed by atoms with Gasteiger partial charge in [0.05, 0.1) is 18.6 Å². The van der Waals surface area contributed by atoms with Crippen LogP contribution in [0.15, 0.2) is 0 Å². The van der Waals surface area contributed by atoms with E-state index in [1.807, 2.05) is 6.92 Å². The van der Waals surface area contributed by atoms with Crippen LogP contribution in [0.5, 0.6) is 0 Å². The first-order valence-electron chi connectivity index (χ1n) is 12.2. The van der Waals surface area contributed by atoms with E-state index in [0.717, 1.165) is 38.5 Å². The van der Waals surface area contributed by atoms with Gasteiger partial charge in [0.2, 0.25) is 0 Å². The number of hydrogen-bond acceptors (Lipinski definition) is 4. The molecule has 1 aromatic rings. The Bertz CT molecular complexity index is 811. The Kier molecular flexibility index (Phi) is 5.59. The molecule has 6 nitrogen and oxygen atoms in total. The van der Waals surface area contributed by atoms with Gasteiger partial charge >= 0.3 is 5.97 Å². The molecule has 0 radical (unpaired) electrons. The minimum absolute atomic E-state index is 0.0745. The van der Waals surface area contributed by atoms with Crippen molar-refractivity contribution in [3.05, 3.63) is 17.0 Å². The first-order chi connectivity index (χ1) is 14.7. The number of esters is 1. The number of carbonyl (C=O) groups is 2. The van der Waals surface area contributed by atoms with Crippen molar-refractivity contribution in [2.24, 2.45) is 17.8 Å². The quantitative estimate of drug-likeness (QED) is 0.741. The average molecular weight is 414 g/mol. The third kappa shape index (κ3) is 3.46. The van der Waals surface area contributed by atoms with Gasteiger partial charge in [-0.05, 0) is 76.5 Å². The molecule has 4 aliphatic carbocycles. The number of carbonyl (C=O) groups excluding carboxylic acids is 2. The van der Waals surface area contributed by atoms with Gasteiger partial charge in [-0.1, -0.05) is 19.3 Å². The summed E-state index contributed by atoms with van der Waals surface area (Å²) in [6, 6.07) is 0.344. The van der Waals surface area contributed by atoms with Crippen molar-refractivity contribution < 1.29 is 14.3 Å². The predicted octanol–water partition coefficient (Wildman–Crippen LogP) is 3.97. The first kappa shape index (κ1) is 20.1. The molecule has 3 fully saturated rings.